The third-order valence-corrected chi connectivity index (χ3v) is 6.27. The summed E-state index contributed by atoms with van der Waals surface area (Å²) in [6.45, 7) is 0.781. The zero-order valence-corrected chi connectivity index (χ0v) is 17.4. The normalized spacial score (nSPS) is 19.3. The van der Waals surface area contributed by atoms with Gasteiger partial charge in [0.2, 0.25) is 11.8 Å². The van der Waals surface area contributed by atoms with Crippen LogP contribution < -0.4 is 5.32 Å². The molecule has 1 N–H and O–H groups in total. The maximum absolute atomic E-state index is 13.1. The van der Waals surface area contributed by atoms with Gasteiger partial charge in [-0.15, -0.1) is 0 Å². The minimum Gasteiger partial charge on any atom is -0.467 e. The number of nitrogens with zero attached hydrogens (tertiary/aromatic N) is 3. The fourth-order valence-electron chi connectivity index (χ4n) is 4.60. The number of hydrogen-bond acceptors (Lipinski definition) is 4. The number of hydrogen-bond donors (Lipinski definition) is 1. The van der Waals surface area contributed by atoms with Crippen molar-refractivity contribution in [2.75, 3.05) is 11.9 Å². The summed E-state index contributed by atoms with van der Waals surface area (Å²) in [5, 5.41) is 7.89. The van der Waals surface area contributed by atoms with Crippen LogP contribution in [0.1, 0.15) is 49.5 Å². The van der Waals surface area contributed by atoms with E-state index >= 15 is 0 Å². The van der Waals surface area contributed by atoms with Crippen molar-refractivity contribution in [3.63, 3.8) is 0 Å². The molecule has 1 atom stereocenters. The summed E-state index contributed by atoms with van der Waals surface area (Å²) in [4.78, 5) is 27.2. The van der Waals surface area contributed by atoms with Crippen molar-refractivity contribution in [3.8, 4) is 5.69 Å². The van der Waals surface area contributed by atoms with Gasteiger partial charge in [0, 0.05) is 24.9 Å². The van der Waals surface area contributed by atoms with Gasteiger partial charge in [-0.2, -0.15) is 5.10 Å². The second-order valence-electron chi connectivity index (χ2n) is 8.43. The zero-order chi connectivity index (χ0) is 21.2. The van der Waals surface area contributed by atoms with Crippen LogP contribution >= 0.6 is 0 Å². The molecule has 3 aromatic rings. The van der Waals surface area contributed by atoms with E-state index in [4.69, 9.17) is 9.52 Å². The van der Waals surface area contributed by atoms with Gasteiger partial charge in [-0.1, -0.05) is 31.0 Å². The van der Waals surface area contributed by atoms with Gasteiger partial charge in [0.15, 0.2) is 0 Å². The molecule has 1 saturated heterocycles. The lowest BCUT2D eigenvalue weighted by molar-refractivity contribution is -0.128. The number of nitrogens with one attached hydrogen (secondary N) is 1. The fourth-order valence-corrected chi connectivity index (χ4v) is 4.60. The number of likely N-dealkylation sites (tertiary alicyclic amines) is 1. The van der Waals surface area contributed by atoms with E-state index in [2.05, 4.69) is 5.32 Å². The Hall–Kier alpha value is -3.35. The predicted molar refractivity (Wildman–Crippen MR) is 116 cm³/mol. The Morgan fingerprint density at radius 1 is 1.13 bits per heavy atom. The first-order valence-corrected chi connectivity index (χ1v) is 10.9. The van der Waals surface area contributed by atoms with Gasteiger partial charge < -0.3 is 14.6 Å². The third kappa shape index (κ3) is 4.13. The largest absolute Gasteiger partial charge is 0.467 e. The summed E-state index contributed by atoms with van der Waals surface area (Å²) in [7, 11) is 0. The van der Waals surface area contributed by atoms with E-state index in [1.54, 1.807) is 17.2 Å². The van der Waals surface area contributed by atoms with Crippen LogP contribution in [0.2, 0.25) is 0 Å². The lowest BCUT2D eigenvalue weighted by Gasteiger charge is -2.15. The molecule has 5 rings (SSSR count). The number of para-hydroxylation sites is 1. The van der Waals surface area contributed by atoms with Crippen LogP contribution in [0.3, 0.4) is 0 Å². The van der Waals surface area contributed by atoms with Crippen molar-refractivity contribution < 1.29 is 14.0 Å². The Bertz CT molecular complexity index is 1050. The van der Waals surface area contributed by atoms with Gasteiger partial charge in [0.05, 0.1) is 30.1 Å². The fraction of sp³-hybridized carbons (Fsp3) is 0.375. The molecule has 1 aromatic carbocycles. The maximum Gasteiger partial charge on any atom is 0.230 e. The summed E-state index contributed by atoms with van der Waals surface area (Å²) in [6, 6.07) is 15.5. The third-order valence-electron chi connectivity index (χ3n) is 6.27. The summed E-state index contributed by atoms with van der Waals surface area (Å²) >= 11 is 0. The van der Waals surface area contributed by atoms with Gasteiger partial charge in [-0.3, -0.25) is 9.59 Å². The van der Waals surface area contributed by atoms with E-state index in [1.165, 1.54) is 12.8 Å². The molecule has 160 valence electrons. The summed E-state index contributed by atoms with van der Waals surface area (Å²) in [5.74, 6) is 1.26. The van der Waals surface area contributed by atoms with Crippen molar-refractivity contribution in [1.82, 2.24) is 14.7 Å². The molecule has 7 nitrogen and oxygen atoms in total. The first-order chi connectivity index (χ1) is 15.2. The predicted octanol–water partition coefficient (Wildman–Crippen LogP) is 4.11. The smallest absolute Gasteiger partial charge is 0.230 e. The van der Waals surface area contributed by atoms with Crippen LogP contribution in [-0.2, 0) is 16.1 Å². The van der Waals surface area contributed by atoms with Gasteiger partial charge in [0.25, 0.3) is 0 Å². The van der Waals surface area contributed by atoms with Gasteiger partial charge >= 0.3 is 0 Å². The number of benzene rings is 1. The highest BCUT2D eigenvalue weighted by atomic mass is 16.3. The second-order valence-corrected chi connectivity index (χ2v) is 8.43. The number of amides is 2. The van der Waals surface area contributed by atoms with E-state index in [-0.39, 0.29) is 18.2 Å². The number of aromatic nitrogens is 2. The Morgan fingerprint density at radius 3 is 2.68 bits per heavy atom. The molecule has 1 aliphatic heterocycles. The summed E-state index contributed by atoms with van der Waals surface area (Å²) in [6.07, 6.45) is 6.52. The molecule has 2 aromatic heterocycles. The van der Waals surface area contributed by atoms with E-state index in [1.807, 2.05) is 47.1 Å². The van der Waals surface area contributed by atoms with Crippen molar-refractivity contribution in [2.45, 2.75) is 44.6 Å². The van der Waals surface area contributed by atoms with E-state index in [0.29, 0.717) is 24.8 Å². The zero-order valence-electron chi connectivity index (χ0n) is 17.4. The van der Waals surface area contributed by atoms with E-state index in [9.17, 15) is 9.59 Å². The van der Waals surface area contributed by atoms with Crippen molar-refractivity contribution in [3.05, 3.63) is 66.2 Å². The molecule has 31 heavy (non-hydrogen) atoms. The lowest BCUT2D eigenvalue weighted by atomic mass is 10.0. The molecule has 0 spiro atoms. The highest BCUT2D eigenvalue weighted by molar-refractivity contribution is 5.96. The molecule has 2 fully saturated rings. The van der Waals surface area contributed by atoms with E-state index < -0.39 is 5.92 Å². The maximum atomic E-state index is 13.1. The van der Waals surface area contributed by atoms with Crippen LogP contribution in [0.15, 0.2) is 59.2 Å². The second kappa shape index (κ2) is 8.41. The average Bonchev–Trinajstić information content (AvgIpc) is 3.57. The molecular formula is C24H26N4O3. The Morgan fingerprint density at radius 2 is 1.94 bits per heavy atom. The number of rotatable bonds is 6. The molecule has 1 saturated carbocycles. The molecule has 3 heterocycles. The molecule has 0 bridgehead atoms. The molecular weight excluding hydrogens is 392 g/mol. The van der Waals surface area contributed by atoms with Crippen LogP contribution in [0, 0.1) is 5.92 Å². The Labute approximate surface area is 181 Å². The molecule has 1 aliphatic carbocycles. The quantitative estimate of drug-likeness (QED) is 0.653. The monoisotopic (exact) mass is 418 g/mol. The van der Waals surface area contributed by atoms with Crippen LogP contribution in [0.4, 0.5) is 5.82 Å². The van der Waals surface area contributed by atoms with Crippen LogP contribution in [-0.4, -0.2) is 33.0 Å². The number of furan rings is 1. The van der Waals surface area contributed by atoms with Crippen LogP contribution in [0.25, 0.3) is 5.69 Å². The van der Waals surface area contributed by atoms with Crippen molar-refractivity contribution in [2.24, 2.45) is 5.92 Å². The Kier molecular flexibility index (Phi) is 5.32. The van der Waals surface area contributed by atoms with Crippen LogP contribution in [0.5, 0.6) is 0 Å². The van der Waals surface area contributed by atoms with Crippen molar-refractivity contribution >= 4 is 17.6 Å². The van der Waals surface area contributed by atoms with Gasteiger partial charge in [0.1, 0.15) is 11.6 Å². The number of carbonyl (C=O) groups is 2. The minimum absolute atomic E-state index is 0.0280. The number of carbonyl (C=O) groups excluding carboxylic acids is 2. The average molecular weight is 418 g/mol. The highest BCUT2D eigenvalue weighted by Gasteiger charge is 2.35. The minimum atomic E-state index is -0.392. The standard InChI is InChI=1S/C24H26N4O3/c29-23-13-18(15-27(23)16-20-11-6-12-31-20)24(30)25-22-14-21(17-7-4-5-8-17)26-28(22)19-9-2-1-3-10-19/h1-3,6,9-12,14,17-18H,4-5,7-8,13,15-16H2,(H,25,30). The van der Waals surface area contributed by atoms with Crippen molar-refractivity contribution in [1.29, 1.82) is 0 Å². The Balaban J connectivity index is 1.34. The lowest BCUT2D eigenvalue weighted by Crippen LogP contribution is -2.28. The van der Waals surface area contributed by atoms with Gasteiger partial charge in [-0.05, 0) is 37.1 Å². The molecule has 2 aliphatic rings. The summed E-state index contributed by atoms with van der Waals surface area (Å²) in [5.41, 5.74) is 1.93. The molecule has 1 unspecified atom stereocenters. The number of anilines is 1. The molecule has 2 amide bonds. The highest BCUT2D eigenvalue weighted by Crippen LogP contribution is 2.35. The molecule has 0 radical (unpaired) electrons. The first-order valence-electron chi connectivity index (χ1n) is 10.9. The molecule has 7 heteroatoms. The van der Waals surface area contributed by atoms with Gasteiger partial charge in [-0.25, -0.2) is 4.68 Å². The SMILES string of the molecule is O=C(Nc1cc(C2CCCC2)nn1-c1ccccc1)C1CC(=O)N(Cc2ccco2)C1. The van der Waals surface area contributed by atoms with E-state index in [0.717, 1.165) is 30.0 Å². The first kappa shape index (κ1) is 19.6. The summed E-state index contributed by atoms with van der Waals surface area (Å²) < 4.78 is 7.15. The topological polar surface area (TPSA) is 80.4 Å².